The summed E-state index contributed by atoms with van der Waals surface area (Å²) < 4.78 is 1.81. The van der Waals surface area contributed by atoms with Gasteiger partial charge in [0.25, 0.3) is 0 Å². The van der Waals surface area contributed by atoms with E-state index in [1.165, 1.54) is 0 Å². The second-order valence-electron chi connectivity index (χ2n) is 6.28. The average molecular weight is 295 g/mol. The Morgan fingerprint density at radius 1 is 1.38 bits per heavy atom. The minimum absolute atomic E-state index is 0.122. The summed E-state index contributed by atoms with van der Waals surface area (Å²) in [5, 5.41) is 16.1. The smallest absolute Gasteiger partial charge is 0.310 e. The third kappa shape index (κ3) is 4.06. The van der Waals surface area contributed by atoms with Gasteiger partial charge in [0.1, 0.15) is 0 Å². The van der Waals surface area contributed by atoms with Gasteiger partial charge in [-0.2, -0.15) is 5.10 Å². The molecule has 0 spiro atoms. The molecule has 1 atom stereocenters. The molecule has 1 amide bonds. The maximum absolute atomic E-state index is 12.1. The van der Waals surface area contributed by atoms with Gasteiger partial charge in [-0.3, -0.25) is 14.3 Å². The minimum atomic E-state index is -0.963. The molecule has 0 aliphatic rings. The van der Waals surface area contributed by atoms with E-state index in [1.807, 2.05) is 32.5 Å². The Morgan fingerprint density at radius 3 is 2.38 bits per heavy atom. The fourth-order valence-corrected chi connectivity index (χ4v) is 2.07. The number of rotatable bonds is 6. The van der Waals surface area contributed by atoms with E-state index in [9.17, 15) is 9.59 Å². The third-order valence-electron chi connectivity index (χ3n) is 3.90. The predicted molar refractivity (Wildman–Crippen MR) is 80.0 cm³/mol. The lowest BCUT2D eigenvalue weighted by Crippen LogP contribution is -2.41. The summed E-state index contributed by atoms with van der Waals surface area (Å²) in [4.78, 5) is 23.1. The Labute approximate surface area is 125 Å². The zero-order valence-corrected chi connectivity index (χ0v) is 13.6. The molecule has 0 aliphatic heterocycles. The molecule has 1 heterocycles. The van der Waals surface area contributed by atoms with Gasteiger partial charge in [-0.1, -0.05) is 6.92 Å². The number of hydrogen-bond acceptors (Lipinski definition) is 3. The molecule has 21 heavy (non-hydrogen) atoms. The first-order chi connectivity index (χ1) is 9.56. The molecule has 0 saturated carbocycles. The molecule has 1 unspecified atom stereocenters. The van der Waals surface area contributed by atoms with Crippen LogP contribution in [0.25, 0.3) is 0 Å². The molecule has 1 aromatic heterocycles. The van der Waals surface area contributed by atoms with Crippen LogP contribution >= 0.6 is 0 Å². The molecule has 6 heteroatoms. The number of nitrogens with zero attached hydrogens (tertiary/aromatic N) is 2. The minimum Gasteiger partial charge on any atom is -0.481 e. The lowest BCUT2D eigenvalue weighted by Gasteiger charge is -2.21. The van der Waals surface area contributed by atoms with Crippen LogP contribution in [-0.2, 0) is 23.1 Å². The second-order valence-corrected chi connectivity index (χ2v) is 6.28. The normalized spacial score (nSPS) is 13.0. The maximum atomic E-state index is 12.1. The van der Waals surface area contributed by atoms with Gasteiger partial charge in [0.15, 0.2) is 0 Å². The largest absolute Gasteiger partial charge is 0.481 e. The molecule has 0 fully saturated rings. The van der Waals surface area contributed by atoms with Crippen LogP contribution in [0.5, 0.6) is 0 Å². The molecule has 2 N–H and O–H groups in total. The summed E-state index contributed by atoms with van der Waals surface area (Å²) in [5.74, 6) is -1.28. The van der Waals surface area contributed by atoms with Crippen LogP contribution in [0.1, 0.15) is 37.7 Å². The van der Waals surface area contributed by atoms with Crippen molar-refractivity contribution in [2.24, 2.45) is 18.4 Å². The van der Waals surface area contributed by atoms with Crippen molar-refractivity contribution in [2.45, 2.75) is 41.0 Å². The van der Waals surface area contributed by atoms with Gasteiger partial charge >= 0.3 is 5.97 Å². The van der Waals surface area contributed by atoms with Crippen molar-refractivity contribution in [3.05, 3.63) is 17.0 Å². The summed E-state index contributed by atoms with van der Waals surface area (Å²) in [6.07, 6.45) is 0.602. The number of aromatic nitrogens is 2. The van der Waals surface area contributed by atoms with Gasteiger partial charge < -0.3 is 10.4 Å². The highest BCUT2D eigenvalue weighted by Crippen LogP contribution is 2.18. The van der Waals surface area contributed by atoms with Gasteiger partial charge in [0.2, 0.25) is 5.91 Å². The number of carboxylic acid groups (broad SMARTS) is 1. The van der Waals surface area contributed by atoms with E-state index >= 15 is 0 Å². The number of hydrogen-bond donors (Lipinski definition) is 2. The van der Waals surface area contributed by atoms with E-state index in [2.05, 4.69) is 10.4 Å². The standard InChI is InChI=1S/C15H25N3O3/c1-9(7-12-10(2)17-18(6)11(12)3)13(19)16-8-15(4,5)14(20)21/h9H,7-8H2,1-6H3,(H,16,19)(H,20,21). The number of nitrogens with one attached hydrogen (secondary N) is 1. The number of carbonyl (C=O) groups excluding carboxylic acids is 1. The van der Waals surface area contributed by atoms with Crippen LogP contribution in [0.15, 0.2) is 0 Å². The molecule has 118 valence electrons. The molecular formula is C15H25N3O3. The molecule has 1 aromatic rings. The van der Waals surface area contributed by atoms with Gasteiger partial charge in [0, 0.05) is 25.2 Å². The van der Waals surface area contributed by atoms with Crippen molar-refractivity contribution in [3.63, 3.8) is 0 Å². The first-order valence-electron chi connectivity index (χ1n) is 7.06. The summed E-state index contributed by atoms with van der Waals surface area (Å²) in [7, 11) is 1.88. The highest BCUT2D eigenvalue weighted by atomic mass is 16.4. The van der Waals surface area contributed by atoms with Crippen LogP contribution in [0, 0.1) is 25.2 Å². The van der Waals surface area contributed by atoms with E-state index in [0.717, 1.165) is 17.0 Å². The van der Waals surface area contributed by atoms with Crippen LogP contribution in [-0.4, -0.2) is 33.3 Å². The van der Waals surface area contributed by atoms with Crippen molar-refractivity contribution in [2.75, 3.05) is 6.54 Å². The first-order valence-corrected chi connectivity index (χ1v) is 7.06. The maximum Gasteiger partial charge on any atom is 0.310 e. The SMILES string of the molecule is Cc1nn(C)c(C)c1CC(C)C(=O)NCC(C)(C)C(=O)O. The van der Waals surface area contributed by atoms with E-state index < -0.39 is 11.4 Å². The molecule has 0 aromatic carbocycles. The quantitative estimate of drug-likeness (QED) is 0.832. The number of carboxylic acids is 1. The van der Waals surface area contributed by atoms with Gasteiger partial charge in [-0.15, -0.1) is 0 Å². The van der Waals surface area contributed by atoms with E-state index in [4.69, 9.17) is 5.11 Å². The molecule has 6 nitrogen and oxygen atoms in total. The first kappa shape index (κ1) is 17.2. The number of amides is 1. The molecule has 0 aliphatic carbocycles. The van der Waals surface area contributed by atoms with Crippen LogP contribution in [0.3, 0.4) is 0 Å². The summed E-state index contributed by atoms with van der Waals surface area (Å²) in [5.41, 5.74) is 2.10. The van der Waals surface area contributed by atoms with Crippen molar-refractivity contribution in [3.8, 4) is 0 Å². The van der Waals surface area contributed by atoms with E-state index in [0.29, 0.717) is 6.42 Å². The highest BCUT2D eigenvalue weighted by molar-refractivity contribution is 5.80. The lowest BCUT2D eigenvalue weighted by atomic mass is 9.93. The fraction of sp³-hybridized carbons (Fsp3) is 0.667. The Bertz CT molecular complexity index is 547. The van der Waals surface area contributed by atoms with Crippen molar-refractivity contribution < 1.29 is 14.7 Å². The Hall–Kier alpha value is -1.85. The highest BCUT2D eigenvalue weighted by Gasteiger charge is 2.28. The zero-order valence-electron chi connectivity index (χ0n) is 13.6. The number of aliphatic carboxylic acids is 1. The zero-order chi connectivity index (χ0) is 16.4. The predicted octanol–water partition coefficient (Wildman–Crippen LogP) is 1.44. The van der Waals surface area contributed by atoms with Crippen LogP contribution in [0.4, 0.5) is 0 Å². The van der Waals surface area contributed by atoms with E-state index in [-0.39, 0.29) is 18.4 Å². The van der Waals surface area contributed by atoms with Crippen molar-refractivity contribution >= 4 is 11.9 Å². The number of carbonyl (C=O) groups is 2. The molecule has 0 bridgehead atoms. The third-order valence-corrected chi connectivity index (χ3v) is 3.90. The molecule has 0 saturated heterocycles. The Morgan fingerprint density at radius 2 is 1.95 bits per heavy atom. The summed E-state index contributed by atoms with van der Waals surface area (Å²) in [6.45, 7) is 9.06. The molecule has 0 radical (unpaired) electrons. The van der Waals surface area contributed by atoms with Crippen molar-refractivity contribution in [1.29, 1.82) is 0 Å². The number of aryl methyl sites for hydroxylation is 2. The van der Waals surface area contributed by atoms with Crippen LogP contribution in [0.2, 0.25) is 0 Å². The molecule has 1 rings (SSSR count). The lowest BCUT2D eigenvalue weighted by molar-refractivity contribution is -0.146. The topological polar surface area (TPSA) is 84.2 Å². The monoisotopic (exact) mass is 295 g/mol. The summed E-state index contributed by atoms with van der Waals surface area (Å²) >= 11 is 0. The second kappa shape index (κ2) is 6.28. The van der Waals surface area contributed by atoms with Gasteiger partial charge in [-0.25, -0.2) is 0 Å². The fourth-order valence-electron chi connectivity index (χ4n) is 2.07. The Kier molecular flexibility index (Phi) is 5.15. The van der Waals surface area contributed by atoms with Crippen LogP contribution < -0.4 is 5.32 Å². The molecular weight excluding hydrogens is 270 g/mol. The Balaban J connectivity index is 2.65. The van der Waals surface area contributed by atoms with Gasteiger partial charge in [0.05, 0.1) is 11.1 Å². The van der Waals surface area contributed by atoms with Gasteiger partial charge in [-0.05, 0) is 39.7 Å². The van der Waals surface area contributed by atoms with E-state index in [1.54, 1.807) is 13.8 Å². The summed E-state index contributed by atoms with van der Waals surface area (Å²) in [6, 6.07) is 0. The average Bonchev–Trinajstić information content (AvgIpc) is 2.62. The van der Waals surface area contributed by atoms with Crippen molar-refractivity contribution in [1.82, 2.24) is 15.1 Å².